The maximum Gasteiger partial charge on any atom is 0 e. The summed E-state index contributed by atoms with van der Waals surface area (Å²) in [6.45, 7) is 16.1. The monoisotopic (exact) mass is 966 g/mol. The van der Waals surface area contributed by atoms with Crippen molar-refractivity contribution in [1.82, 2.24) is 0 Å². The first kappa shape index (κ1) is 66.6. The van der Waals surface area contributed by atoms with Crippen LogP contribution in [0.25, 0.3) is 0 Å². The number of rotatable bonds is 3. The topological polar surface area (TPSA) is 69.7 Å². The second kappa shape index (κ2) is 50.3. The number of ketones is 1. The maximum absolute atomic E-state index is 11.6. The fourth-order valence-corrected chi connectivity index (χ4v) is 0.522. The van der Waals surface area contributed by atoms with Gasteiger partial charge in [-0.15, -0.1) is 0 Å². The third kappa shape index (κ3) is 83.3. The predicted octanol–water partition coefficient (Wildman–Crippen LogP) is 2.10. The summed E-state index contributed by atoms with van der Waals surface area (Å²) >= 11 is 4.74. The van der Waals surface area contributed by atoms with Crippen LogP contribution in [-0.4, -0.2) is 45.8 Å². The quantitative estimate of drug-likeness (QED) is 0.143. The van der Waals surface area contributed by atoms with E-state index in [-0.39, 0.29) is 111 Å². The van der Waals surface area contributed by atoms with Crippen LogP contribution in [-0.2, 0) is 51.9 Å². The summed E-state index contributed by atoms with van der Waals surface area (Å²) in [6.07, 6.45) is 7.36. The predicted molar refractivity (Wildman–Crippen MR) is 150 cm³/mol. The van der Waals surface area contributed by atoms with Gasteiger partial charge in [0.05, 0.1) is 14.2 Å². The molecule has 0 bridgehead atoms. The normalized spacial score (nSPS) is 8.31. The molecule has 0 fully saturated rings. The van der Waals surface area contributed by atoms with Gasteiger partial charge in [0.25, 0.3) is 0 Å². The molecule has 212 valence electrons. The van der Waals surface area contributed by atoms with Crippen LogP contribution in [0.1, 0.15) is 42.0 Å². The van der Waals surface area contributed by atoms with Crippen molar-refractivity contribution in [3.05, 3.63) is 37.0 Å². The molecule has 0 unspecified atom stereocenters. The van der Waals surface area contributed by atoms with Crippen LogP contribution < -0.4 is 73.6 Å². The van der Waals surface area contributed by atoms with Gasteiger partial charge in [0.2, 0.25) is 0 Å². The number of alkyl halides is 3. The van der Waals surface area contributed by atoms with Gasteiger partial charge >= 0.3 is 136 Å². The minimum Gasteiger partial charge on any atom is 0 e. The molecule has 0 aromatic rings. The van der Waals surface area contributed by atoms with Crippen LogP contribution in [0, 0.1) is 0 Å². The molecule has 0 spiro atoms. The SMILES string of the molecule is C.C/C=C/C(=O)OC.C/C=C/C(C)=O.C=CC(=O)OC.CC.C[Si](C)(C)C(F)(F)F.[Cs+].[F-].[I][V][I].[V]. The molecule has 0 atom stereocenters. The zero-order chi connectivity index (χ0) is 27.4. The standard InChI is InChI=1S/C5H8O2.C5H8O.C4H9F3Si.C4H6O2.C2H6.CH4.Cs.FH.2HI.2V/c1-3-4-5(6)7-2;1-3-4-5(2)6;1-8(2,3)4(5,6)7;1-3-4(5)6-2;1-2;;;;;;;/h3-4H,1-2H3;3-4H,1-2H3;1-3H3;3H,1H2,2H3;1-2H3;1H4;;3*1H;;/q;;;;;;+1;;;;;+2/p-3/b2*4-3+;;;;;;;;;;. The van der Waals surface area contributed by atoms with Crippen LogP contribution in [0.5, 0.6) is 0 Å². The minimum atomic E-state index is -3.92. The summed E-state index contributed by atoms with van der Waals surface area (Å²) in [5, 5.41) is 0. The molecule has 0 aliphatic heterocycles. The first-order valence-corrected chi connectivity index (χ1v) is 21.6. The second-order valence-electron chi connectivity index (χ2n) is 5.67. The minimum absolute atomic E-state index is 0. The molecule has 0 aliphatic carbocycles. The molecule has 0 amide bonds. The summed E-state index contributed by atoms with van der Waals surface area (Å²) < 4.78 is 43.3. The van der Waals surface area contributed by atoms with E-state index in [0.717, 1.165) is 6.08 Å². The molecule has 0 N–H and O–H groups in total. The van der Waals surface area contributed by atoms with Gasteiger partial charge < -0.3 is 14.2 Å². The van der Waals surface area contributed by atoms with Gasteiger partial charge in [-0.2, -0.15) is 13.2 Å². The zero-order valence-corrected chi connectivity index (χ0v) is 36.7. The molecule has 0 aromatic carbocycles. The number of esters is 2. The van der Waals surface area contributed by atoms with Gasteiger partial charge in [-0.1, -0.05) is 59.6 Å². The molecule has 15 heteroatoms. The van der Waals surface area contributed by atoms with Gasteiger partial charge in [-0.25, -0.2) is 9.59 Å². The summed E-state index contributed by atoms with van der Waals surface area (Å²) in [5.74, 6) is -4.51. The molecule has 0 heterocycles. The number of hydrogen-bond acceptors (Lipinski definition) is 5. The van der Waals surface area contributed by atoms with Crippen molar-refractivity contribution >= 4 is 65.8 Å². The van der Waals surface area contributed by atoms with Crippen LogP contribution in [0.3, 0.4) is 0 Å². The fourth-order valence-electron chi connectivity index (χ4n) is 0.522. The van der Waals surface area contributed by atoms with Gasteiger partial charge in [0.1, 0.15) is 0 Å². The van der Waals surface area contributed by atoms with Crippen molar-refractivity contribution in [2.24, 2.45) is 0 Å². The summed E-state index contributed by atoms with van der Waals surface area (Å²) in [6, 6.07) is 0. The third-order valence-electron chi connectivity index (χ3n) is 2.12. The molecule has 0 aliphatic rings. The van der Waals surface area contributed by atoms with E-state index in [0.29, 0.717) is 9.47 Å². The van der Waals surface area contributed by atoms with Crippen LogP contribution in [0.2, 0.25) is 19.6 Å². The van der Waals surface area contributed by atoms with Crippen molar-refractivity contribution in [2.75, 3.05) is 14.2 Å². The van der Waals surface area contributed by atoms with E-state index in [1.165, 1.54) is 52.9 Å². The zero-order valence-electron chi connectivity index (χ0n) is 22.3. The number of methoxy groups -OCH3 is 2. The molecule has 36 heavy (non-hydrogen) atoms. The van der Waals surface area contributed by atoms with Gasteiger partial charge in [0.15, 0.2) is 13.9 Å². The smallest absolute Gasteiger partial charge is 0 e. The van der Waals surface area contributed by atoms with E-state index in [2.05, 4.69) is 56.0 Å². The largest absolute Gasteiger partial charge is 0 e. The number of carbonyl (C=O) groups excluding carboxylic acids is 3. The molecule has 5 nitrogen and oxygen atoms in total. The molecule has 0 aromatic heterocycles. The maximum atomic E-state index is 11.6. The van der Waals surface area contributed by atoms with E-state index >= 15 is 0 Å². The molecule has 0 saturated heterocycles. The van der Waals surface area contributed by atoms with E-state index in [9.17, 15) is 27.6 Å². The van der Waals surface area contributed by atoms with Crippen molar-refractivity contribution in [3.8, 4) is 0 Å². The number of halogens is 6. The van der Waals surface area contributed by atoms with Gasteiger partial charge in [-0.05, 0) is 26.8 Å². The Morgan fingerprint density at radius 1 is 0.917 bits per heavy atom. The van der Waals surface area contributed by atoms with Crippen molar-refractivity contribution in [1.29, 1.82) is 0 Å². The molecular formula is C21H41CsF4I2O5SiV2. The Balaban J connectivity index is -0.0000000286. The fraction of sp³-hybridized carbons (Fsp3) is 0.571. The van der Waals surface area contributed by atoms with Crippen molar-refractivity contribution < 1.29 is 139 Å². The Bertz CT molecular complexity index is 525. The van der Waals surface area contributed by atoms with E-state index in [1.54, 1.807) is 19.1 Å². The summed E-state index contributed by atoms with van der Waals surface area (Å²) in [7, 11) is 0.428. The Labute approximate surface area is 317 Å². The second-order valence-corrected chi connectivity index (χ2v) is 22.5. The Morgan fingerprint density at radius 2 is 1.17 bits per heavy atom. The number of ether oxygens (including phenoxy) is 2. The van der Waals surface area contributed by atoms with Gasteiger partial charge in [-0.3, -0.25) is 4.79 Å². The molecule has 0 rings (SSSR count). The Hall–Kier alpha value is 2.45. The van der Waals surface area contributed by atoms with E-state index in [1.807, 2.05) is 20.8 Å². The average Bonchev–Trinajstić information content (AvgIpc) is 2.69. The van der Waals surface area contributed by atoms with Crippen molar-refractivity contribution in [2.45, 2.75) is 67.5 Å². The Morgan fingerprint density at radius 3 is 1.19 bits per heavy atom. The van der Waals surface area contributed by atoms with E-state index in [4.69, 9.17) is 0 Å². The summed E-state index contributed by atoms with van der Waals surface area (Å²) in [4.78, 5) is 29.9. The average molecular weight is 966 g/mol. The van der Waals surface area contributed by atoms with Crippen LogP contribution in [0.15, 0.2) is 37.0 Å². The first-order chi connectivity index (χ1) is 14.6. The number of carbonyl (C=O) groups is 3. The molecule has 1 radical (unpaired) electrons. The third-order valence-corrected chi connectivity index (χ3v) is 3.82. The summed E-state index contributed by atoms with van der Waals surface area (Å²) in [5.41, 5.74) is 0. The van der Waals surface area contributed by atoms with Crippen LogP contribution in [0.4, 0.5) is 13.2 Å². The Kier molecular flexibility index (Phi) is 93.1. The number of allylic oxidation sites excluding steroid dienone is 3. The van der Waals surface area contributed by atoms with Crippen LogP contribution >= 0.6 is 40.0 Å². The van der Waals surface area contributed by atoms with Gasteiger partial charge in [0, 0.05) is 30.7 Å². The van der Waals surface area contributed by atoms with Crippen molar-refractivity contribution in [3.63, 3.8) is 0 Å². The molecule has 0 saturated carbocycles. The first-order valence-electron chi connectivity index (χ1n) is 9.09. The number of hydrogen-bond donors (Lipinski definition) is 0. The van der Waals surface area contributed by atoms with E-state index < -0.39 is 19.8 Å². The molecular weight excluding hydrogens is 925 g/mol.